The Bertz CT molecular complexity index is 285. The average Bonchev–Trinajstić information content (AvgIpc) is 2.51. The second-order valence-electron chi connectivity index (χ2n) is 2.30. The fourth-order valence-corrected chi connectivity index (χ4v) is 1.49. The highest BCUT2D eigenvalue weighted by Gasteiger charge is 2.11. The number of rotatable bonds is 3. The smallest absolute Gasteiger partial charge is 0.260 e. The van der Waals surface area contributed by atoms with Gasteiger partial charge in [-0.05, 0) is 6.92 Å². The molecule has 5 heteroatoms. The highest BCUT2D eigenvalue weighted by Crippen LogP contribution is 2.21. The molecule has 0 saturated heterocycles. The molecule has 1 heterocycles. The number of ether oxygens (including phenoxy) is 1. The standard InChI is InChI=1S/C7H10N2O2S/c1-4(11-2)7-9-3-5(12-7)6(8)10/h3-4H,1-2H3,(H2,8,10). The molecule has 0 spiro atoms. The molecule has 1 amide bonds. The average molecular weight is 186 g/mol. The molecule has 1 atom stereocenters. The number of hydrogen-bond donors (Lipinski definition) is 1. The summed E-state index contributed by atoms with van der Waals surface area (Å²) in [4.78, 5) is 15.1. The molecule has 2 N–H and O–H groups in total. The minimum absolute atomic E-state index is 0.0805. The highest BCUT2D eigenvalue weighted by atomic mass is 32.1. The lowest BCUT2D eigenvalue weighted by atomic mass is 10.4. The van der Waals surface area contributed by atoms with Crippen LogP contribution in [0.25, 0.3) is 0 Å². The van der Waals surface area contributed by atoms with E-state index in [0.717, 1.165) is 5.01 Å². The van der Waals surface area contributed by atoms with Gasteiger partial charge < -0.3 is 10.5 Å². The predicted molar refractivity (Wildman–Crippen MR) is 46.1 cm³/mol. The van der Waals surface area contributed by atoms with Gasteiger partial charge in [-0.25, -0.2) is 4.98 Å². The van der Waals surface area contributed by atoms with Crippen LogP contribution in [0.15, 0.2) is 6.20 Å². The minimum Gasteiger partial charge on any atom is -0.375 e. The van der Waals surface area contributed by atoms with E-state index in [4.69, 9.17) is 10.5 Å². The Morgan fingerprint density at radius 1 is 1.83 bits per heavy atom. The molecular weight excluding hydrogens is 176 g/mol. The lowest BCUT2D eigenvalue weighted by Crippen LogP contribution is -2.08. The van der Waals surface area contributed by atoms with E-state index in [2.05, 4.69) is 4.98 Å². The molecule has 0 aliphatic carbocycles. The molecule has 1 rings (SSSR count). The van der Waals surface area contributed by atoms with Crippen LogP contribution in [0.5, 0.6) is 0 Å². The van der Waals surface area contributed by atoms with Crippen molar-refractivity contribution in [3.05, 3.63) is 16.1 Å². The molecule has 4 nitrogen and oxygen atoms in total. The summed E-state index contributed by atoms with van der Waals surface area (Å²) >= 11 is 1.26. The molecule has 1 aromatic rings. The van der Waals surface area contributed by atoms with Crippen molar-refractivity contribution in [3.63, 3.8) is 0 Å². The van der Waals surface area contributed by atoms with Gasteiger partial charge in [-0.15, -0.1) is 11.3 Å². The molecule has 0 aliphatic heterocycles. The number of carbonyl (C=O) groups excluding carboxylic acids is 1. The predicted octanol–water partition coefficient (Wildman–Crippen LogP) is 0.949. The van der Waals surface area contributed by atoms with Crippen LogP contribution in [0.3, 0.4) is 0 Å². The van der Waals surface area contributed by atoms with Crippen LogP contribution in [0.4, 0.5) is 0 Å². The number of hydrogen-bond acceptors (Lipinski definition) is 4. The summed E-state index contributed by atoms with van der Waals surface area (Å²) in [6, 6.07) is 0. The minimum atomic E-state index is -0.443. The Hall–Kier alpha value is -0.940. The quantitative estimate of drug-likeness (QED) is 0.764. The van der Waals surface area contributed by atoms with Crippen molar-refractivity contribution in [3.8, 4) is 0 Å². The lowest BCUT2D eigenvalue weighted by Gasteiger charge is -2.02. The summed E-state index contributed by atoms with van der Waals surface area (Å²) in [5, 5.41) is 0.770. The maximum Gasteiger partial charge on any atom is 0.260 e. The molecule has 12 heavy (non-hydrogen) atoms. The van der Waals surface area contributed by atoms with E-state index in [0.29, 0.717) is 4.88 Å². The first-order chi connectivity index (χ1) is 5.65. The normalized spacial score (nSPS) is 12.8. The largest absolute Gasteiger partial charge is 0.375 e. The van der Waals surface area contributed by atoms with Crippen molar-refractivity contribution in [1.82, 2.24) is 4.98 Å². The molecule has 0 aliphatic rings. The van der Waals surface area contributed by atoms with E-state index in [1.165, 1.54) is 17.5 Å². The number of amides is 1. The van der Waals surface area contributed by atoms with E-state index in [1.54, 1.807) is 7.11 Å². The molecule has 0 aromatic carbocycles. The van der Waals surface area contributed by atoms with Crippen LogP contribution >= 0.6 is 11.3 Å². The number of nitrogens with zero attached hydrogens (tertiary/aromatic N) is 1. The summed E-state index contributed by atoms with van der Waals surface area (Å²) in [7, 11) is 1.59. The van der Waals surface area contributed by atoms with Gasteiger partial charge in [0.25, 0.3) is 5.91 Å². The number of methoxy groups -OCH3 is 1. The van der Waals surface area contributed by atoms with Gasteiger partial charge in [0.1, 0.15) is 16.0 Å². The van der Waals surface area contributed by atoms with Crippen molar-refractivity contribution < 1.29 is 9.53 Å². The van der Waals surface area contributed by atoms with Gasteiger partial charge in [-0.2, -0.15) is 0 Å². The maximum absolute atomic E-state index is 10.7. The number of thiazole rings is 1. The van der Waals surface area contributed by atoms with Gasteiger partial charge in [0, 0.05) is 7.11 Å². The van der Waals surface area contributed by atoms with E-state index < -0.39 is 5.91 Å². The summed E-state index contributed by atoms with van der Waals surface area (Å²) in [6.07, 6.45) is 1.39. The van der Waals surface area contributed by atoms with Crippen molar-refractivity contribution in [2.75, 3.05) is 7.11 Å². The summed E-state index contributed by atoms with van der Waals surface area (Å²) < 4.78 is 5.03. The molecule has 0 bridgehead atoms. The Balaban J connectivity index is 2.84. The lowest BCUT2D eigenvalue weighted by molar-refractivity contribution is 0.100. The van der Waals surface area contributed by atoms with Crippen LogP contribution < -0.4 is 5.73 Å². The number of nitrogens with two attached hydrogens (primary N) is 1. The number of aromatic nitrogens is 1. The van der Waals surface area contributed by atoms with Gasteiger partial charge >= 0.3 is 0 Å². The van der Waals surface area contributed by atoms with Crippen molar-refractivity contribution >= 4 is 17.2 Å². The van der Waals surface area contributed by atoms with Crippen LogP contribution in [0, 0.1) is 0 Å². The third-order valence-electron chi connectivity index (χ3n) is 1.47. The zero-order valence-electron chi connectivity index (χ0n) is 6.90. The second kappa shape index (κ2) is 3.64. The Morgan fingerprint density at radius 3 is 2.92 bits per heavy atom. The maximum atomic E-state index is 10.7. The number of primary amides is 1. The van der Waals surface area contributed by atoms with Crippen molar-refractivity contribution in [2.45, 2.75) is 13.0 Å². The second-order valence-corrected chi connectivity index (χ2v) is 3.37. The zero-order valence-corrected chi connectivity index (χ0v) is 7.72. The van der Waals surface area contributed by atoms with Crippen molar-refractivity contribution in [2.24, 2.45) is 5.73 Å². The van der Waals surface area contributed by atoms with E-state index >= 15 is 0 Å². The zero-order chi connectivity index (χ0) is 9.14. The molecule has 66 valence electrons. The molecule has 1 unspecified atom stereocenters. The van der Waals surface area contributed by atoms with Crippen molar-refractivity contribution in [1.29, 1.82) is 0 Å². The van der Waals surface area contributed by atoms with E-state index in [1.807, 2.05) is 6.92 Å². The molecular formula is C7H10N2O2S. The monoisotopic (exact) mass is 186 g/mol. The van der Waals surface area contributed by atoms with Crippen LogP contribution in [0.2, 0.25) is 0 Å². The van der Waals surface area contributed by atoms with Gasteiger partial charge in [0.05, 0.1) is 6.20 Å². The fourth-order valence-electron chi connectivity index (χ4n) is 0.690. The first-order valence-electron chi connectivity index (χ1n) is 3.43. The van der Waals surface area contributed by atoms with E-state index in [-0.39, 0.29) is 6.10 Å². The van der Waals surface area contributed by atoms with Gasteiger partial charge in [0.2, 0.25) is 0 Å². The summed E-state index contributed by atoms with van der Waals surface area (Å²) in [6.45, 7) is 1.86. The first-order valence-corrected chi connectivity index (χ1v) is 4.25. The van der Waals surface area contributed by atoms with Gasteiger partial charge in [-0.1, -0.05) is 0 Å². The highest BCUT2D eigenvalue weighted by molar-refractivity contribution is 7.13. The van der Waals surface area contributed by atoms with Crippen LogP contribution in [-0.2, 0) is 4.74 Å². The summed E-state index contributed by atoms with van der Waals surface area (Å²) in [5.74, 6) is -0.443. The van der Waals surface area contributed by atoms with Gasteiger partial charge in [0.15, 0.2) is 0 Å². The molecule has 1 aromatic heterocycles. The fraction of sp³-hybridized carbons (Fsp3) is 0.429. The molecule has 0 fully saturated rings. The van der Waals surface area contributed by atoms with Gasteiger partial charge in [-0.3, -0.25) is 4.79 Å². The van der Waals surface area contributed by atoms with E-state index in [9.17, 15) is 4.79 Å². The van der Waals surface area contributed by atoms with Crippen LogP contribution in [0.1, 0.15) is 27.7 Å². The Labute approximate surface area is 74.4 Å². The Kier molecular flexibility index (Phi) is 2.78. The topological polar surface area (TPSA) is 65.2 Å². The number of carbonyl (C=O) groups is 1. The first kappa shape index (κ1) is 9.15. The Morgan fingerprint density at radius 2 is 2.50 bits per heavy atom. The molecule has 0 saturated carbocycles. The molecule has 0 radical (unpaired) electrons. The SMILES string of the molecule is COC(C)c1ncc(C(N)=O)s1. The summed E-state index contributed by atoms with van der Waals surface area (Å²) in [5.41, 5.74) is 5.06. The third-order valence-corrected chi connectivity index (χ3v) is 2.64. The van der Waals surface area contributed by atoms with Crippen LogP contribution in [-0.4, -0.2) is 18.0 Å². The third kappa shape index (κ3) is 1.80.